The molecule has 1 saturated carbocycles. The molecule has 7 heteroatoms. The van der Waals surface area contributed by atoms with Crippen molar-refractivity contribution in [2.75, 3.05) is 6.54 Å². The van der Waals surface area contributed by atoms with E-state index in [9.17, 15) is 17.9 Å². The van der Waals surface area contributed by atoms with Crippen LogP contribution in [0.3, 0.4) is 0 Å². The molecule has 2 rings (SSSR count). The summed E-state index contributed by atoms with van der Waals surface area (Å²) in [6.45, 7) is 0.111. The van der Waals surface area contributed by atoms with Crippen LogP contribution in [-0.2, 0) is 10.0 Å². The first-order valence-corrected chi connectivity index (χ1v) is 7.77. The van der Waals surface area contributed by atoms with Crippen LogP contribution in [-0.4, -0.2) is 31.2 Å². The summed E-state index contributed by atoms with van der Waals surface area (Å²) in [6.07, 6.45) is 4.12. The van der Waals surface area contributed by atoms with Crippen molar-refractivity contribution < 1.29 is 17.9 Å². The molecule has 0 bridgehead atoms. The quantitative estimate of drug-likeness (QED) is 0.868. The predicted octanol–water partition coefficient (Wildman–Crippen LogP) is 1.05. The SMILES string of the molecule is O=S(=O)(NCC1CCCCC1O)c1ncccc1F. The molecular formula is C12H17FN2O3S. The highest BCUT2D eigenvalue weighted by Gasteiger charge is 2.26. The summed E-state index contributed by atoms with van der Waals surface area (Å²) in [4.78, 5) is 3.54. The van der Waals surface area contributed by atoms with Crippen molar-refractivity contribution >= 4 is 10.0 Å². The molecule has 0 aromatic carbocycles. The number of nitrogens with one attached hydrogen (secondary N) is 1. The number of aliphatic hydroxyl groups excluding tert-OH is 1. The number of hydrogen-bond acceptors (Lipinski definition) is 4. The fourth-order valence-electron chi connectivity index (χ4n) is 2.28. The highest BCUT2D eigenvalue weighted by atomic mass is 32.2. The number of halogens is 1. The van der Waals surface area contributed by atoms with Gasteiger partial charge in [0.2, 0.25) is 5.03 Å². The highest BCUT2D eigenvalue weighted by Crippen LogP contribution is 2.24. The van der Waals surface area contributed by atoms with Gasteiger partial charge in [-0.25, -0.2) is 22.5 Å². The molecule has 106 valence electrons. The molecule has 0 aliphatic heterocycles. The van der Waals surface area contributed by atoms with Crippen LogP contribution in [0.4, 0.5) is 4.39 Å². The van der Waals surface area contributed by atoms with Crippen LogP contribution in [0.15, 0.2) is 23.4 Å². The molecule has 1 fully saturated rings. The fraction of sp³-hybridized carbons (Fsp3) is 0.583. The third kappa shape index (κ3) is 3.49. The average molecular weight is 288 g/mol. The maximum absolute atomic E-state index is 13.4. The topological polar surface area (TPSA) is 79.3 Å². The van der Waals surface area contributed by atoms with E-state index < -0.39 is 27.0 Å². The number of aliphatic hydroxyl groups is 1. The minimum atomic E-state index is -3.96. The Labute approximate surface area is 111 Å². The first-order chi connectivity index (χ1) is 9.00. The molecule has 1 aromatic heterocycles. The van der Waals surface area contributed by atoms with Crippen LogP contribution >= 0.6 is 0 Å². The normalized spacial score (nSPS) is 24.3. The van der Waals surface area contributed by atoms with E-state index in [4.69, 9.17) is 0 Å². The van der Waals surface area contributed by atoms with E-state index in [1.165, 1.54) is 12.3 Å². The smallest absolute Gasteiger partial charge is 0.261 e. The maximum atomic E-state index is 13.4. The Balaban J connectivity index is 2.04. The van der Waals surface area contributed by atoms with Crippen molar-refractivity contribution in [2.45, 2.75) is 36.8 Å². The molecule has 1 heterocycles. The third-order valence-electron chi connectivity index (χ3n) is 3.38. The van der Waals surface area contributed by atoms with E-state index in [1.807, 2.05) is 0 Å². The summed E-state index contributed by atoms with van der Waals surface area (Å²) in [5.74, 6) is -0.991. The second kappa shape index (κ2) is 5.94. The Bertz CT molecular complexity index is 536. The van der Waals surface area contributed by atoms with Crippen molar-refractivity contribution in [3.8, 4) is 0 Å². The van der Waals surface area contributed by atoms with E-state index in [2.05, 4.69) is 9.71 Å². The highest BCUT2D eigenvalue weighted by molar-refractivity contribution is 7.89. The summed E-state index contributed by atoms with van der Waals surface area (Å²) >= 11 is 0. The van der Waals surface area contributed by atoms with Crippen LogP contribution in [0.25, 0.3) is 0 Å². The number of nitrogens with zero attached hydrogens (tertiary/aromatic N) is 1. The zero-order valence-corrected chi connectivity index (χ0v) is 11.2. The predicted molar refractivity (Wildman–Crippen MR) is 67.3 cm³/mol. The number of sulfonamides is 1. The van der Waals surface area contributed by atoms with Crippen LogP contribution in [0.1, 0.15) is 25.7 Å². The maximum Gasteiger partial charge on any atom is 0.261 e. The van der Waals surface area contributed by atoms with Gasteiger partial charge in [0.1, 0.15) is 0 Å². The van der Waals surface area contributed by atoms with Gasteiger partial charge in [-0.3, -0.25) is 0 Å². The zero-order chi connectivity index (χ0) is 13.9. The molecule has 0 spiro atoms. The molecule has 2 atom stereocenters. The third-order valence-corrected chi connectivity index (χ3v) is 4.74. The number of rotatable bonds is 4. The molecule has 5 nitrogen and oxygen atoms in total. The molecular weight excluding hydrogens is 271 g/mol. The van der Waals surface area contributed by atoms with Gasteiger partial charge in [-0.05, 0) is 30.9 Å². The molecule has 2 unspecified atom stereocenters. The summed E-state index contributed by atoms with van der Waals surface area (Å²) in [6, 6.07) is 2.39. The zero-order valence-electron chi connectivity index (χ0n) is 10.4. The number of pyridine rings is 1. The second-order valence-corrected chi connectivity index (χ2v) is 6.44. The minimum Gasteiger partial charge on any atom is -0.393 e. The lowest BCUT2D eigenvalue weighted by Gasteiger charge is -2.27. The van der Waals surface area contributed by atoms with Crippen LogP contribution in [0, 0.1) is 11.7 Å². The van der Waals surface area contributed by atoms with Crippen molar-refractivity contribution in [1.82, 2.24) is 9.71 Å². The molecule has 0 amide bonds. The number of aromatic nitrogens is 1. The van der Waals surface area contributed by atoms with Gasteiger partial charge in [0, 0.05) is 12.7 Å². The summed E-state index contributed by atoms with van der Waals surface area (Å²) < 4.78 is 39.5. The van der Waals surface area contributed by atoms with Crippen LogP contribution in [0.5, 0.6) is 0 Å². The second-order valence-electron chi connectivity index (χ2n) is 4.75. The Morgan fingerprint density at radius 3 is 2.84 bits per heavy atom. The van der Waals surface area contributed by atoms with Crippen molar-refractivity contribution in [3.63, 3.8) is 0 Å². The van der Waals surface area contributed by atoms with E-state index >= 15 is 0 Å². The van der Waals surface area contributed by atoms with E-state index in [0.717, 1.165) is 25.3 Å². The number of hydrogen-bond donors (Lipinski definition) is 2. The first-order valence-electron chi connectivity index (χ1n) is 6.29. The van der Waals surface area contributed by atoms with Gasteiger partial charge in [-0.2, -0.15) is 0 Å². The van der Waals surface area contributed by atoms with Gasteiger partial charge in [0.25, 0.3) is 10.0 Å². The van der Waals surface area contributed by atoms with Gasteiger partial charge < -0.3 is 5.11 Å². The minimum absolute atomic E-state index is 0.111. The molecule has 1 aliphatic rings. The molecule has 0 radical (unpaired) electrons. The lowest BCUT2D eigenvalue weighted by atomic mass is 9.87. The Morgan fingerprint density at radius 1 is 1.42 bits per heavy atom. The van der Waals surface area contributed by atoms with Crippen molar-refractivity contribution in [2.24, 2.45) is 5.92 Å². The molecule has 0 saturated heterocycles. The largest absolute Gasteiger partial charge is 0.393 e. The lowest BCUT2D eigenvalue weighted by molar-refractivity contribution is 0.0724. The van der Waals surface area contributed by atoms with E-state index in [0.29, 0.717) is 6.42 Å². The molecule has 1 aliphatic carbocycles. The van der Waals surface area contributed by atoms with Crippen LogP contribution < -0.4 is 4.72 Å². The Hall–Kier alpha value is -1.05. The summed E-state index contributed by atoms with van der Waals surface area (Å²) in [7, 11) is -3.96. The van der Waals surface area contributed by atoms with Gasteiger partial charge in [0.05, 0.1) is 6.10 Å². The lowest BCUT2D eigenvalue weighted by Crippen LogP contribution is -2.37. The summed E-state index contributed by atoms with van der Waals surface area (Å²) in [5, 5.41) is 9.17. The molecule has 2 N–H and O–H groups in total. The van der Waals surface area contributed by atoms with Crippen LogP contribution in [0.2, 0.25) is 0 Å². The Morgan fingerprint density at radius 2 is 2.16 bits per heavy atom. The van der Waals surface area contributed by atoms with E-state index in [1.54, 1.807) is 0 Å². The first kappa shape index (κ1) is 14.4. The molecule has 1 aromatic rings. The van der Waals surface area contributed by atoms with Gasteiger partial charge in [-0.15, -0.1) is 0 Å². The summed E-state index contributed by atoms with van der Waals surface area (Å²) in [5.41, 5.74) is 0. The average Bonchev–Trinajstić information content (AvgIpc) is 2.38. The van der Waals surface area contributed by atoms with E-state index in [-0.39, 0.29) is 12.5 Å². The van der Waals surface area contributed by atoms with Gasteiger partial charge in [-0.1, -0.05) is 12.8 Å². The fourth-order valence-corrected chi connectivity index (χ4v) is 3.37. The van der Waals surface area contributed by atoms with Gasteiger partial charge >= 0.3 is 0 Å². The van der Waals surface area contributed by atoms with Crippen molar-refractivity contribution in [3.05, 3.63) is 24.1 Å². The Kier molecular flexibility index (Phi) is 4.49. The van der Waals surface area contributed by atoms with Gasteiger partial charge in [0.15, 0.2) is 5.82 Å². The van der Waals surface area contributed by atoms with Crippen molar-refractivity contribution in [1.29, 1.82) is 0 Å². The molecule has 19 heavy (non-hydrogen) atoms. The standard InChI is InChI=1S/C12H17FN2O3S/c13-10-5-3-7-14-12(10)19(17,18)15-8-9-4-1-2-6-11(9)16/h3,5,7,9,11,15-16H,1-2,4,6,8H2. The monoisotopic (exact) mass is 288 g/mol.